The first kappa shape index (κ1) is 15.2. The van der Waals surface area contributed by atoms with E-state index in [4.69, 9.17) is 4.42 Å². The number of rotatable bonds is 5. The SMILES string of the molecule is Cc1nnc(CN[C@](C)(c2ccc(Br)cc2)C(C)C)o1. The number of hydrogen-bond acceptors (Lipinski definition) is 4. The van der Waals surface area contributed by atoms with Gasteiger partial charge in [0.2, 0.25) is 11.8 Å². The highest BCUT2D eigenvalue weighted by molar-refractivity contribution is 9.10. The summed E-state index contributed by atoms with van der Waals surface area (Å²) in [6, 6.07) is 8.40. The third-order valence-corrected chi connectivity index (χ3v) is 4.30. The van der Waals surface area contributed by atoms with Crippen LogP contribution in [0.3, 0.4) is 0 Å². The predicted octanol–water partition coefficient (Wildman–Crippen LogP) is 3.80. The van der Waals surface area contributed by atoms with Gasteiger partial charge in [-0.05, 0) is 30.5 Å². The van der Waals surface area contributed by atoms with Crippen molar-refractivity contribution in [1.82, 2.24) is 15.5 Å². The maximum Gasteiger partial charge on any atom is 0.230 e. The van der Waals surface area contributed by atoms with Crippen LogP contribution in [0.15, 0.2) is 33.2 Å². The zero-order chi connectivity index (χ0) is 14.8. The van der Waals surface area contributed by atoms with Gasteiger partial charge in [-0.25, -0.2) is 0 Å². The summed E-state index contributed by atoms with van der Waals surface area (Å²) in [5, 5.41) is 11.4. The molecule has 0 aliphatic rings. The zero-order valence-corrected chi connectivity index (χ0v) is 13.9. The van der Waals surface area contributed by atoms with E-state index in [-0.39, 0.29) is 5.54 Å². The van der Waals surface area contributed by atoms with Gasteiger partial charge in [-0.2, -0.15) is 0 Å². The Morgan fingerprint density at radius 3 is 2.40 bits per heavy atom. The van der Waals surface area contributed by atoms with Crippen LogP contribution in [0.2, 0.25) is 0 Å². The molecule has 0 bridgehead atoms. The second-order valence-electron chi connectivity index (χ2n) is 5.43. The van der Waals surface area contributed by atoms with Gasteiger partial charge >= 0.3 is 0 Å². The number of aromatic nitrogens is 2. The molecule has 1 aromatic heterocycles. The van der Waals surface area contributed by atoms with E-state index in [1.807, 2.05) is 0 Å². The van der Waals surface area contributed by atoms with Crippen molar-refractivity contribution in [3.63, 3.8) is 0 Å². The summed E-state index contributed by atoms with van der Waals surface area (Å²) in [5.41, 5.74) is 1.09. The molecule has 0 fully saturated rings. The molecule has 0 spiro atoms. The number of benzene rings is 1. The van der Waals surface area contributed by atoms with Crippen LogP contribution in [0, 0.1) is 12.8 Å². The smallest absolute Gasteiger partial charge is 0.230 e. The van der Waals surface area contributed by atoms with E-state index in [1.165, 1.54) is 5.56 Å². The fraction of sp³-hybridized carbons (Fsp3) is 0.467. The summed E-state index contributed by atoms with van der Waals surface area (Å²) in [7, 11) is 0. The van der Waals surface area contributed by atoms with Crippen molar-refractivity contribution in [1.29, 1.82) is 0 Å². The first-order valence-electron chi connectivity index (χ1n) is 6.72. The van der Waals surface area contributed by atoms with Crippen LogP contribution in [-0.2, 0) is 12.1 Å². The summed E-state index contributed by atoms with van der Waals surface area (Å²) >= 11 is 3.47. The average Bonchev–Trinajstić information content (AvgIpc) is 2.82. The summed E-state index contributed by atoms with van der Waals surface area (Å²) in [6.07, 6.45) is 0. The Morgan fingerprint density at radius 1 is 1.25 bits per heavy atom. The van der Waals surface area contributed by atoms with Crippen LogP contribution in [0.1, 0.15) is 38.1 Å². The van der Waals surface area contributed by atoms with E-state index >= 15 is 0 Å². The molecule has 1 heterocycles. The molecular formula is C15H20BrN3O. The molecule has 0 amide bonds. The molecule has 2 aromatic rings. The monoisotopic (exact) mass is 337 g/mol. The topological polar surface area (TPSA) is 51.0 Å². The van der Waals surface area contributed by atoms with Crippen LogP contribution in [0.25, 0.3) is 0 Å². The Hall–Kier alpha value is -1.20. The highest BCUT2D eigenvalue weighted by Gasteiger charge is 2.30. The van der Waals surface area contributed by atoms with Crippen LogP contribution >= 0.6 is 15.9 Å². The molecule has 0 saturated heterocycles. The lowest BCUT2D eigenvalue weighted by Crippen LogP contribution is -2.43. The Morgan fingerprint density at radius 2 is 1.90 bits per heavy atom. The van der Waals surface area contributed by atoms with Gasteiger partial charge in [0.25, 0.3) is 0 Å². The summed E-state index contributed by atoms with van der Waals surface area (Å²) in [6.45, 7) is 8.96. The molecular weight excluding hydrogens is 318 g/mol. The van der Waals surface area contributed by atoms with Gasteiger partial charge in [-0.15, -0.1) is 10.2 Å². The maximum absolute atomic E-state index is 5.42. The molecule has 4 nitrogen and oxygen atoms in total. The van der Waals surface area contributed by atoms with Crippen LogP contribution < -0.4 is 5.32 Å². The number of nitrogens with zero attached hydrogens (tertiary/aromatic N) is 2. The Kier molecular flexibility index (Phi) is 4.60. The maximum atomic E-state index is 5.42. The molecule has 1 aromatic carbocycles. The Balaban J connectivity index is 2.18. The lowest BCUT2D eigenvalue weighted by Gasteiger charge is -2.35. The minimum atomic E-state index is -0.150. The third-order valence-electron chi connectivity index (χ3n) is 3.77. The van der Waals surface area contributed by atoms with Gasteiger partial charge in [0.05, 0.1) is 6.54 Å². The average molecular weight is 338 g/mol. The molecule has 108 valence electrons. The van der Waals surface area contributed by atoms with E-state index in [1.54, 1.807) is 6.92 Å². The first-order chi connectivity index (χ1) is 9.41. The molecule has 5 heteroatoms. The lowest BCUT2D eigenvalue weighted by molar-refractivity contribution is 0.251. The van der Waals surface area contributed by atoms with Gasteiger partial charge in [0, 0.05) is 16.9 Å². The number of hydrogen-bond donors (Lipinski definition) is 1. The highest BCUT2D eigenvalue weighted by atomic mass is 79.9. The van der Waals surface area contributed by atoms with Gasteiger partial charge in [-0.3, -0.25) is 5.32 Å². The second-order valence-corrected chi connectivity index (χ2v) is 6.35. The predicted molar refractivity (Wildman–Crippen MR) is 82.2 cm³/mol. The van der Waals surface area contributed by atoms with Crippen LogP contribution in [0.4, 0.5) is 0 Å². The summed E-state index contributed by atoms with van der Waals surface area (Å²) in [4.78, 5) is 0. The Labute approximate surface area is 128 Å². The number of halogens is 1. The number of aryl methyl sites for hydroxylation is 1. The third kappa shape index (κ3) is 3.27. The molecule has 0 radical (unpaired) electrons. The van der Waals surface area contributed by atoms with Crippen molar-refractivity contribution in [3.05, 3.63) is 46.1 Å². The summed E-state index contributed by atoms with van der Waals surface area (Å²) < 4.78 is 6.50. The lowest BCUT2D eigenvalue weighted by atomic mass is 9.81. The van der Waals surface area contributed by atoms with Crippen molar-refractivity contribution in [2.45, 2.75) is 39.8 Å². The van der Waals surface area contributed by atoms with Crippen molar-refractivity contribution in [2.24, 2.45) is 5.92 Å². The van der Waals surface area contributed by atoms with Crippen molar-refractivity contribution in [3.8, 4) is 0 Å². The van der Waals surface area contributed by atoms with E-state index in [0.717, 1.165) is 4.47 Å². The van der Waals surface area contributed by atoms with E-state index in [9.17, 15) is 0 Å². The number of nitrogens with one attached hydrogen (secondary N) is 1. The minimum Gasteiger partial charge on any atom is -0.424 e. The van der Waals surface area contributed by atoms with Gasteiger partial charge in [0.1, 0.15) is 0 Å². The van der Waals surface area contributed by atoms with Gasteiger partial charge in [-0.1, -0.05) is 41.9 Å². The molecule has 1 N–H and O–H groups in total. The standard InChI is InChI=1S/C15H20BrN3O/c1-10(2)15(4,12-5-7-13(16)8-6-12)17-9-14-19-18-11(3)20-14/h5-8,10,17H,9H2,1-4H3/t15-/m0/s1. The largest absolute Gasteiger partial charge is 0.424 e. The Bertz CT molecular complexity index is 565. The van der Waals surface area contributed by atoms with Crippen molar-refractivity contribution >= 4 is 15.9 Å². The zero-order valence-electron chi connectivity index (χ0n) is 12.3. The molecule has 20 heavy (non-hydrogen) atoms. The van der Waals surface area contributed by atoms with Crippen molar-refractivity contribution in [2.75, 3.05) is 0 Å². The molecule has 1 atom stereocenters. The van der Waals surface area contributed by atoms with Crippen LogP contribution in [0.5, 0.6) is 0 Å². The van der Waals surface area contributed by atoms with E-state index in [2.05, 4.69) is 76.5 Å². The van der Waals surface area contributed by atoms with Crippen molar-refractivity contribution < 1.29 is 4.42 Å². The molecule has 0 unspecified atom stereocenters. The summed E-state index contributed by atoms with van der Waals surface area (Å²) in [5.74, 6) is 1.64. The minimum absolute atomic E-state index is 0.150. The fourth-order valence-corrected chi connectivity index (χ4v) is 2.37. The van der Waals surface area contributed by atoms with Gasteiger partial charge in [0.15, 0.2) is 0 Å². The second kappa shape index (κ2) is 6.06. The van der Waals surface area contributed by atoms with Crippen LogP contribution in [-0.4, -0.2) is 10.2 Å². The fourth-order valence-electron chi connectivity index (χ4n) is 2.10. The molecule has 0 aliphatic carbocycles. The molecule has 0 aliphatic heterocycles. The van der Waals surface area contributed by atoms with E-state index < -0.39 is 0 Å². The van der Waals surface area contributed by atoms with E-state index in [0.29, 0.717) is 24.2 Å². The quantitative estimate of drug-likeness (QED) is 0.901. The first-order valence-corrected chi connectivity index (χ1v) is 7.51. The molecule has 0 saturated carbocycles. The van der Waals surface area contributed by atoms with Gasteiger partial charge < -0.3 is 4.42 Å². The molecule has 2 rings (SSSR count). The normalized spacial score (nSPS) is 14.5. The highest BCUT2D eigenvalue weighted by Crippen LogP contribution is 2.30.